The molecule has 0 amide bonds. The maximum absolute atomic E-state index is 11.6. The van der Waals surface area contributed by atoms with Crippen molar-refractivity contribution in [2.45, 2.75) is 38.6 Å². The minimum absolute atomic E-state index is 0.245. The first kappa shape index (κ1) is 12.2. The van der Waals surface area contributed by atoms with Gasteiger partial charge in [0.1, 0.15) is 6.10 Å². The van der Waals surface area contributed by atoms with Gasteiger partial charge in [-0.05, 0) is 26.0 Å². The van der Waals surface area contributed by atoms with E-state index in [-0.39, 0.29) is 6.42 Å². The molecule has 72 valence electrons. The van der Waals surface area contributed by atoms with E-state index in [1.54, 1.807) is 6.92 Å². The molecule has 0 aromatic rings. The molecule has 0 aromatic heterocycles. The second-order valence-corrected chi connectivity index (χ2v) is 3.16. The molecule has 0 rings (SSSR count). The molecule has 2 atom stereocenters. The molecule has 0 spiro atoms. The standard InChI is InChI=1S/C8H16O3S/c1-3-11-8(10,7(2)9)5-4-6-12/h7,12H,3-6H2,1-2H3. The molecule has 3 nitrogen and oxygen atoms in total. The zero-order chi connectivity index (χ0) is 9.61. The number of ether oxygens (including phenoxy) is 1. The highest BCUT2D eigenvalue weighted by molar-refractivity contribution is 7.80. The molecule has 0 aliphatic rings. The Morgan fingerprint density at radius 1 is 1.58 bits per heavy atom. The molecule has 2 radical (unpaired) electrons. The van der Waals surface area contributed by atoms with Crippen LogP contribution in [0, 0.1) is 0 Å². The van der Waals surface area contributed by atoms with Gasteiger partial charge >= 0.3 is 0 Å². The van der Waals surface area contributed by atoms with Gasteiger partial charge in [0.2, 0.25) is 5.79 Å². The molecule has 0 aliphatic heterocycles. The first-order chi connectivity index (χ1) is 5.56. The SMILES string of the molecule is CCOC([O])(CCCS)C(C)[O]. The lowest BCUT2D eigenvalue weighted by Crippen LogP contribution is -2.41. The van der Waals surface area contributed by atoms with Crippen molar-refractivity contribution >= 4 is 12.6 Å². The van der Waals surface area contributed by atoms with Gasteiger partial charge in [-0.15, -0.1) is 0 Å². The molecular weight excluding hydrogens is 176 g/mol. The monoisotopic (exact) mass is 192 g/mol. The highest BCUT2D eigenvalue weighted by Crippen LogP contribution is 2.20. The van der Waals surface area contributed by atoms with Crippen LogP contribution in [-0.4, -0.2) is 24.3 Å². The Morgan fingerprint density at radius 3 is 2.50 bits per heavy atom. The van der Waals surface area contributed by atoms with Crippen LogP contribution in [0.4, 0.5) is 0 Å². The summed E-state index contributed by atoms with van der Waals surface area (Å²) < 4.78 is 4.89. The lowest BCUT2D eigenvalue weighted by Gasteiger charge is -2.26. The average Bonchev–Trinajstić information content (AvgIpc) is 2.01. The molecular formula is C8H16O3S. The predicted octanol–water partition coefficient (Wildman–Crippen LogP) is 1.68. The molecule has 2 unspecified atom stereocenters. The van der Waals surface area contributed by atoms with E-state index in [1.165, 1.54) is 6.92 Å². The van der Waals surface area contributed by atoms with Gasteiger partial charge in [0, 0.05) is 13.0 Å². The Kier molecular flexibility index (Phi) is 5.92. The first-order valence-corrected chi connectivity index (χ1v) is 4.81. The Hall–Kier alpha value is 0.230. The second kappa shape index (κ2) is 5.80. The van der Waals surface area contributed by atoms with Crippen LogP contribution in [-0.2, 0) is 14.9 Å². The van der Waals surface area contributed by atoms with E-state index in [1.807, 2.05) is 0 Å². The summed E-state index contributed by atoms with van der Waals surface area (Å²) >= 11 is 3.97. The summed E-state index contributed by atoms with van der Waals surface area (Å²) in [4.78, 5) is 0. The molecule has 0 saturated heterocycles. The topological polar surface area (TPSA) is 49.0 Å². The Balaban J connectivity index is 3.99. The Bertz CT molecular complexity index is 119. The van der Waals surface area contributed by atoms with E-state index in [4.69, 9.17) is 4.74 Å². The van der Waals surface area contributed by atoms with Crippen LogP contribution in [0.25, 0.3) is 0 Å². The zero-order valence-electron chi connectivity index (χ0n) is 7.58. The van der Waals surface area contributed by atoms with Crippen molar-refractivity contribution in [2.75, 3.05) is 12.4 Å². The molecule has 0 bridgehead atoms. The Labute approximate surface area is 79.2 Å². The molecule has 0 aromatic carbocycles. The summed E-state index contributed by atoms with van der Waals surface area (Å²) in [6.07, 6.45) is -0.355. The van der Waals surface area contributed by atoms with Crippen LogP contribution < -0.4 is 0 Å². The first-order valence-electron chi connectivity index (χ1n) is 4.18. The van der Waals surface area contributed by atoms with Gasteiger partial charge in [-0.1, -0.05) is 0 Å². The van der Waals surface area contributed by atoms with Gasteiger partial charge in [-0.25, -0.2) is 5.11 Å². The summed E-state index contributed by atoms with van der Waals surface area (Å²) in [6.45, 7) is 3.36. The number of hydrogen-bond acceptors (Lipinski definition) is 2. The van der Waals surface area contributed by atoms with Crippen LogP contribution in [0.1, 0.15) is 26.7 Å². The average molecular weight is 192 g/mol. The fourth-order valence-electron chi connectivity index (χ4n) is 0.963. The van der Waals surface area contributed by atoms with Crippen LogP contribution in [0.2, 0.25) is 0 Å². The predicted molar refractivity (Wildman–Crippen MR) is 48.3 cm³/mol. The summed E-state index contributed by atoms with van der Waals surface area (Å²) in [5.74, 6) is -1.14. The van der Waals surface area contributed by atoms with Gasteiger partial charge in [0.05, 0.1) is 0 Å². The van der Waals surface area contributed by atoms with Crippen molar-refractivity contribution in [3.8, 4) is 0 Å². The summed E-state index contributed by atoms with van der Waals surface area (Å²) in [5.41, 5.74) is 0. The minimum Gasteiger partial charge on any atom is -0.346 e. The highest BCUT2D eigenvalue weighted by atomic mass is 32.1. The molecule has 0 N–H and O–H groups in total. The lowest BCUT2D eigenvalue weighted by atomic mass is 10.1. The number of thiol groups is 1. The van der Waals surface area contributed by atoms with Crippen LogP contribution in [0.15, 0.2) is 0 Å². The maximum Gasteiger partial charge on any atom is 0.231 e. The van der Waals surface area contributed by atoms with E-state index in [2.05, 4.69) is 12.6 Å². The van der Waals surface area contributed by atoms with E-state index in [0.717, 1.165) is 0 Å². The van der Waals surface area contributed by atoms with Crippen molar-refractivity contribution in [1.82, 2.24) is 0 Å². The fraction of sp³-hybridized carbons (Fsp3) is 1.00. The van der Waals surface area contributed by atoms with Crippen molar-refractivity contribution in [3.05, 3.63) is 0 Å². The molecule has 0 fully saturated rings. The van der Waals surface area contributed by atoms with E-state index in [0.29, 0.717) is 18.8 Å². The fourth-order valence-corrected chi connectivity index (χ4v) is 1.12. The normalized spacial score (nSPS) is 18.8. The van der Waals surface area contributed by atoms with E-state index >= 15 is 0 Å². The van der Waals surface area contributed by atoms with Crippen LogP contribution >= 0.6 is 12.6 Å². The summed E-state index contributed by atoms with van der Waals surface area (Å²) in [7, 11) is 0. The lowest BCUT2D eigenvalue weighted by molar-refractivity contribution is -0.296. The number of hydrogen-bond donors (Lipinski definition) is 1. The van der Waals surface area contributed by atoms with Crippen LogP contribution in [0.3, 0.4) is 0 Å². The summed E-state index contributed by atoms with van der Waals surface area (Å²) in [6, 6.07) is 0. The Morgan fingerprint density at radius 2 is 2.17 bits per heavy atom. The third-order valence-corrected chi connectivity index (χ3v) is 2.01. The van der Waals surface area contributed by atoms with Crippen molar-refractivity contribution < 1.29 is 14.9 Å². The second-order valence-electron chi connectivity index (χ2n) is 2.71. The van der Waals surface area contributed by atoms with Crippen molar-refractivity contribution in [1.29, 1.82) is 0 Å². The third kappa shape index (κ3) is 3.76. The van der Waals surface area contributed by atoms with Gasteiger partial charge in [-0.2, -0.15) is 17.7 Å². The van der Waals surface area contributed by atoms with Crippen molar-refractivity contribution in [3.63, 3.8) is 0 Å². The number of rotatable bonds is 6. The smallest absolute Gasteiger partial charge is 0.231 e. The molecule has 0 aliphatic carbocycles. The molecule has 0 saturated carbocycles. The zero-order valence-corrected chi connectivity index (χ0v) is 8.47. The third-order valence-electron chi connectivity index (χ3n) is 1.69. The van der Waals surface area contributed by atoms with Gasteiger partial charge in [-0.3, -0.25) is 0 Å². The van der Waals surface area contributed by atoms with Crippen molar-refractivity contribution in [2.24, 2.45) is 0 Å². The summed E-state index contributed by atoms with van der Waals surface area (Å²) in [5, 5.41) is 22.6. The minimum atomic E-state index is -1.75. The van der Waals surface area contributed by atoms with Crippen LogP contribution in [0.5, 0.6) is 0 Å². The largest absolute Gasteiger partial charge is 0.346 e. The maximum atomic E-state index is 11.6. The van der Waals surface area contributed by atoms with Gasteiger partial charge < -0.3 is 4.74 Å². The highest BCUT2D eigenvalue weighted by Gasteiger charge is 2.36. The van der Waals surface area contributed by atoms with Gasteiger partial charge in [0.15, 0.2) is 0 Å². The van der Waals surface area contributed by atoms with Gasteiger partial charge in [0.25, 0.3) is 0 Å². The van der Waals surface area contributed by atoms with E-state index < -0.39 is 11.9 Å². The molecule has 4 heteroatoms. The molecule has 0 heterocycles. The molecule has 12 heavy (non-hydrogen) atoms. The van der Waals surface area contributed by atoms with E-state index in [9.17, 15) is 10.2 Å². The quantitative estimate of drug-likeness (QED) is 0.505.